The number of hydrogen-bond acceptors (Lipinski definition) is 5. The van der Waals surface area contributed by atoms with Crippen molar-refractivity contribution in [2.45, 2.75) is 26.3 Å². The summed E-state index contributed by atoms with van der Waals surface area (Å²) in [5.74, 6) is 0.282. The summed E-state index contributed by atoms with van der Waals surface area (Å²) in [6, 6.07) is 15.4. The molecule has 0 bridgehead atoms. The smallest absolute Gasteiger partial charge is 0.350 e. The third-order valence-corrected chi connectivity index (χ3v) is 5.68. The molecule has 0 spiro atoms. The molecule has 2 heterocycles. The van der Waals surface area contributed by atoms with Crippen molar-refractivity contribution in [3.8, 4) is 11.4 Å². The van der Waals surface area contributed by atoms with Gasteiger partial charge in [0.25, 0.3) is 0 Å². The monoisotopic (exact) mass is 393 g/mol. The summed E-state index contributed by atoms with van der Waals surface area (Å²) < 4.78 is 3.20. The van der Waals surface area contributed by atoms with Gasteiger partial charge in [0, 0.05) is 31.9 Å². The van der Waals surface area contributed by atoms with Crippen molar-refractivity contribution in [2.75, 3.05) is 36.0 Å². The van der Waals surface area contributed by atoms with E-state index in [4.69, 9.17) is 0 Å². The molecule has 29 heavy (non-hydrogen) atoms. The lowest BCUT2D eigenvalue weighted by atomic mass is 10.2. The lowest BCUT2D eigenvalue weighted by Gasteiger charge is -2.38. The number of nitrogens with zero attached hydrogens (tertiary/aromatic N) is 5. The van der Waals surface area contributed by atoms with Crippen molar-refractivity contribution in [1.82, 2.24) is 14.3 Å². The zero-order chi connectivity index (χ0) is 20.4. The SMILES string of the molecule is CC[C@@H](C)n1ncn(-c2ccccc2N2CCN(c3ccc(O)cc3)CC2)c1=O. The number of rotatable bonds is 5. The van der Waals surface area contributed by atoms with Crippen LogP contribution in [0.5, 0.6) is 5.75 Å². The summed E-state index contributed by atoms with van der Waals surface area (Å²) in [4.78, 5) is 17.5. The quantitative estimate of drug-likeness (QED) is 0.722. The Balaban J connectivity index is 1.56. The molecule has 1 atom stereocenters. The van der Waals surface area contributed by atoms with Gasteiger partial charge in [-0.25, -0.2) is 14.0 Å². The number of benzene rings is 2. The second-order valence-electron chi connectivity index (χ2n) is 7.46. The number of piperazine rings is 1. The average molecular weight is 393 g/mol. The first kappa shape index (κ1) is 19.1. The van der Waals surface area contributed by atoms with E-state index in [1.807, 2.05) is 37.3 Å². The van der Waals surface area contributed by atoms with Crippen LogP contribution in [0.2, 0.25) is 0 Å². The minimum Gasteiger partial charge on any atom is -0.508 e. The normalized spacial score (nSPS) is 15.5. The highest BCUT2D eigenvalue weighted by Gasteiger charge is 2.21. The number of phenolic OH excluding ortho intramolecular Hbond substituents is 1. The Morgan fingerprint density at radius 3 is 2.24 bits per heavy atom. The van der Waals surface area contributed by atoms with Crippen LogP contribution < -0.4 is 15.5 Å². The second-order valence-corrected chi connectivity index (χ2v) is 7.46. The van der Waals surface area contributed by atoms with Crippen LogP contribution in [0.15, 0.2) is 59.7 Å². The van der Waals surface area contributed by atoms with E-state index in [1.165, 1.54) is 0 Å². The highest BCUT2D eigenvalue weighted by molar-refractivity contribution is 5.64. The molecule has 1 saturated heterocycles. The zero-order valence-corrected chi connectivity index (χ0v) is 16.9. The molecule has 0 amide bonds. The number of aromatic hydroxyl groups is 1. The Morgan fingerprint density at radius 1 is 0.966 bits per heavy atom. The lowest BCUT2D eigenvalue weighted by molar-refractivity contribution is 0.460. The van der Waals surface area contributed by atoms with Gasteiger partial charge in [0.1, 0.15) is 12.1 Å². The Labute approximate surface area is 170 Å². The molecule has 0 aliphatic carbocycles. The Morgan fingerprint density at radius 2 is 1.59 bits per heavy atom. The highest BCUT2D eigenvalue weighted by Crippen LogP contribution is 2.26. The molecule has 1 aliphatic heterocycles. The van der Waals surface area contributed by atoms with E-state index in [9.17, 15) is 9.90 Å². The molecule has 2 aromatic carbocycles. The summed E-state index contributed by atoms with van der Waals surface area (Å²) in [7, 11) is 0. The minimum absolute atomic E-state index is 0.0739. The summed E-state index contributed by atoms with van der Waals surface area (Å²) in [6.07, 6.45) is 2.48. The van der Waals surface area contributed by atoms with Gasteiger partial charge in [-0.1, -0.05) is 19.1 Å². The zero-order valence-electron chi connectivity index (χ0n) is 16.9. The van der Waals surface area contributed by atoms with Gasteiger partial charge in [0.05, 0.1) is 17.4 Å². The third-order valence-electron chi connectivity index (χ3n) is 5.68. The molecule has 0 unspecified atom stereocenters. The molecular formula is C22H27N5O2. The molecule has 152 valence electrons. The van der Waals surface area contributed by atoms with E-state index in [0.29, 0.717) is 0 Å². The van der Waals surface area contributed by atoms with Crippen molar-refractivity contribution in [3.63, 3.8) is 0 Å². The second kappa shape index (κ2) is 8.03. The number of phenols is 1. The largest absolute Gasteiger partial charge is 0.508 e. The molecule has 1 N–H and O–H groups in total. The third kappa shape index (κ3) is 3.72. The van der Waals surface area contributed by atoms with E-state index in [-0.39, 0.29) is 17.5 Å². The summed E-state index contributed by atoms with van der Waals surface area (Å²) in [5.41, 5.74) is 2.92. The highest BCUT2D eigenvalue weighted by atomic mass is 16.3. The predicted octanol–water partition coefficient (Wildman–Crippen LogP) is 3.04. The molecule has 7 heteroatoms. The first-order valence-electron chi connectivity index (χ1n) is 10.1. The van der Waals surface area contributed by atoms with Gasteiger partial charge in [-0.2, -0.15) is 5.10 Å². The maximum absolute atomic E-state index is 12.9. The van der Waals surface area contributed by atoms with Crippen LogP contribution in [0.1, 0.15) is 26.3 Å². The van der Waals surface area contributed by atoms with Crippen molar-refractivity contribution >= 4 is 11.4 Å². The molecule has 1 aromatic heterocycles. The number of hydrogen-bond donors (Lipinski definition) is 1. The average Bonchev–Trinajstić information content (AvgIpc) is 3.15. The minimum atomic E-state index is -0.102. The topological polar surface area (TPSA) is 66.5 Å². The predicted molar refractivity (Wildman–Crippen MR) is 115 cm³/mol. The van der Waals surface area contributed by atoms with Gasteiger partial charge < -0.3 is 14.9 Å². The molecule has 0 radical (unpaired) electrons. The summed E-state index contributed by atoms with van der Waals surface area (Å²) >= 11 is 0. The maximum Gasteiger partial charge on any atom is 0.350 e. The van der Waals surface area contributed by atoms with E-state index in [0.717, 1.165) is 49.7 Å². The Hall–Kier alpha value is -3.22. The van der Waals surface area contributed by atoms with Gasteiger partial charge >= 0.3 is 5.69 Å². The molecule has 7 nitrogen and oxygen atoms in total. The lowest BCUT2D eigenvalue weighted by Crippen LogP contribution is -2.47. The van der Waals surface area contributed by atoms with Crippen LogP contribution in [0.4, 0.5) is 11.4 Å². The van der Waals surface area contributed by atoms with Gasteiger partial charge in [-0.3, -0.25) is 0 Å². The van der Waals surface area contributed by atoms with Crippen LogP contribution in [0, 0.1) is 0 Å². The van der Waals surface area contributed by atoms with Crippen molar-refractivity contribution in [1.29, 1.82) is 0 Å². The fourth-order valence-electron chi connectivity index (χ4n) is 3.76. The first-order chi connectivity index (χ1) is 14.1. The molecule has 3 aromatic rings. The van der Waals surface area contributed by atoms with E-state index in [1.54, 1.807) is 27.7 Å². The van der Waals surface area contributed by atoms with Crippen molar-refractivity contribution in [2.24, 2.45) is 0 Å². The maximum atomic E-state index is 12.9. The molecular weight excluding hydrogens is 366 g/mol. The van der Waals surface area contributed by atoms with Gasteiger partial charge in [0.15, 0.2) is 0 Å². The van der Waals surface area contributed by atoms with Crippen LogP contribution in [-0.4, -0.2) is 45.6 Å². The molecule has 4 rings (SSSR count). The number of para-hydroxylation sites is 2. The van der Waals surface area contributed by atoms with Crippen LogP contribution >= 0.6 is 0 Å². The summed E-state index contributed by atoms with van der Waals surface area (Å²) in [6.45, 7) is 7.52. The fraction of sp³-hybridized carbons (Fsp3) is 0.364. The van der Waals surface area contributed by atoms with Gasteiger partial charge in [0.2, 0.25) is 0 Å². The van der Waals surface area contributed by atoms with Crippen molar-refractivity contribution in [3.05, 3.63) is 65.3 Å². The van der Waals surface area contributed by atoms with Crippen LogP contribution in [-0.2, 0) is 0 Å². The van der Waals surface area contributed by atoms with Crippen molar-refractivity contribution < 1.29 is 5.11 Å². The van der Waals surface area contributed by atoms with E-state index in [2.05, 4.69) is 27.9 Å². The van der Waals surface area contributed by atoms with Gasteiger partial charge in [-0.15, -0.1) is 0 Å². The van der Waals surface area contributed by atoms with E-state index < -0.39 is 0 Å². The van der Waals surface area contributed by atoms with Crippen LogP contribution in [0.3, 0.4) is 0 Å². The van der Waals surface area contributed by atoms with E-state index >= 15 is 0 Å². The first-order valence-corrected chi connectivity index (χ1v) is 10.1. The standard InChI is InChI=1S/C22H27N5O2/c1-3-17(2)27-22(29)26(16-23-27)21-7-5-4-6-20(21)25-14-12-24(13-15-25)18-8-10-19(28)11-9-18/h4-11,16-17,28H,3,12-15H2,1-2H3/t17-/m1/s1. The summed E-state index contributed by atoms with van der Waals surface area (Å²) in [5, 5.41) is 13.8. The Bertz CT molecular complexity index is 1020. The number of aromatic nitrogens is 3. The molecule has 1 aliphatic rings. The molecule has 0 saturated carbocycles. The Kier molecular flexibility index (Phi) is 5.29. The van der Waals surface area contributed by atoms with Crippen LogP contribution in [0.25, 0.3) is 5.69 Å². The van der Waals surface area contributed by atoms with Gasteiger partial charge in [-0.05, 0) is 49.7 Å². The molecule has 1 fully saturated rings. The number of anilines is 2. The fourth-order valence-corrected chi connectivity index (χ4v) is 3.76.